The maximum absolute atomic E-state index is 12.6. The zero-order chi connectivity index (χ0) is 25.1. The number of halogens is 1. The zero-order valence-corrected chi connectivity index (χ0v) is 21.3. The number of rotatable bonds is 8. The Labute approximate surface area is 210 Å². The summed E-state index contributed by atoms with van der Waals surface area (Å²) in [7, 11) is 3.17. The van der Waals surface area contributed by atoms with Crippen molar-refractivity contribution < 1.29 is 23.7 Å². The van der Waals surface area contributed by atoms with E-state index in [4.69, 9.17) is 30.5 Å². The van der Waals surface area contributed by atoms with E-state index in [-0.39, 0.29) is 19.0 Å². The molecule has 0 fully saturated rings. The molecule has 2 heterocycles. The van der Waals surface area contributed by atoms with Crippen LogP contribution in [0.4, 0.5) is 0 Å². The van der Waals surface area contributed by atoms with Crippen LogP contribution >= 0.6 is 11.6 Å². The summed E-state index contributed by atoms with van der Waals surface area (Å²) in [5.41, 5.74) is 2.39. The van der Waals surface area contributed by atoms with Crippen LogP contribution in [0.25, 0.3) is 5.69 Å². The largest absolute Gasteiger partial charge is 0.493 e. The molecule has 0 N–H and O–H groups in total. The molecule has 9 heteroatoms. The number of aromatic nitrogens is 3. The first-order valence-corrected chi connectivity index (χ1v) is 12.0. The molecule has 1 aliphatic heterocycles. The lowest BCUT2D eigenvalue weighted by atomic mass is 9.98. The van der Waals surface area contributed by atoms with Gasteiger partial charge in [0.15, 0.2) is 17.3 Å². The van der Waals surface area contributed by atoms with Crippen molar-refractivity contribution in [2.24, 2.45) is 5.92 Å². The lowest BCUT2D eigenvalue weighted by molar-refractivity contribution is -0.147. The average Bonchev–Trinajstić information content (AvgIpc) is 3.18. The summed E-state index contributed by atoms with van der Waals surface area (Å²) in [6.45, 7) is 6.30. The Morgan fingerprint density at radius 1 is 1.14 bits per heavy atom. The van der Waals surface area contributed by atoms with Gasteiger partial charge >= 0.3 is 5.97 Å². The molecule has 1 aromatic heterocycles. The molecular formula is C26H30ClN3O5. The molecule has 3 aromatic rings. The second-order valence-electron chi connectivity index (χ2n) is 8.71. The summed E-state index contributed by atoms with van der Waals surface area (Å²) in [6, 6.07) is 11.2. The number of hydrogen-bond donors (Lipinski definition) is 0. The second-order valence-corrected chi connectivity index (χ2v) is 9.14. The third-order valence-corrected chi connectivity index (χ3v) is 6.06. The van der Waals surface area contributed by atoms with Crippen LogP contribution < -0.4 is 9.47 Å². The van der Waals surface area contributed by atoms with Gasteiger partial charge in [-0.3, -0.25) is 9.36 Å². The predicted molar refractivity (Wildman–Crippen MR) is 131 cm³/mol. The molecule has 0 radical (unpaired) electrons. The Kier molecular flexibility index (Phi) is 7.62. The van der Waals surface area contributed by atoms with E-state index < -0.39 is 12.2 Å². The molecular weight excluding hydrogens is 470 g/mol. The lowest BCUT2D eigenvalue weighted by Gasteiger charge is -2.24. The summed E-state index contributed by atoms with van der Waals surface area (Å²) in [4.78, 5) is 12.6. The molecule has 35 heavy (non-hydrogen) atoms. The van der Waals surface area contributed by atoms with Crippen LogP contribution in [0, 0.1) is 5.92 Å². The summed E-state index contributed by atoms with van der Waals surface area (Å²) in [5.74, 6) is 2.42. The van der Waals surface area contributed by atoms with Crippen LogP contribution in [0.1, 0.15) is 62.2 Å². The maximum Gasteiger partial charge on any atom is 0.308 e. The third kappa shape index (κ3) is 4.99. The molecule has 0 saturated heterocycles. The first-order chi connectivity index (χ1) is 16.9. The Bertz CT molecular complexity index is 1210. The fraction of sp³-hybridized carbons (Fsp3) is 0.423. The minimum atomic E-state index is -0.713. The highest BCUT2D eigenvalue weighted by Gasteiger charge is 2.37. The van der Waals surface area contributed by atoms with Crippen LogP contribution in [0.2, 0.25) is 5.02 Å². The van der Waals surface area contributed by atoms with Crippen LogP contribution in [-0.2, 0) is 20.7 Å². The Morgan fingerprint density at radius 2 is 1.94 bits per heavy atom. The second kappa shape index (κ2) is 10.7. The van der Waals surface area contributed by atoms with E-state index in [0.717, 1.165) is 22.6 Å². The number of esters is 1. The fourth-order valence-corrected chi connectivity index (χ4v) is 4.59. The third-order valence-electron chi connectivity index (χ3n) is 5.82. The smallest absolute Gasteiger partial charge is 0.308 e. The monoisotopic (exact) mass is 499 g/mol. The van der Waals surface area contributed by atoms with Gasteiger partial charge in [0.2, 0.25) is 0 Å². The lowest BCUT2D eigenvalue weighted by Crippen LogP contribution is -2.17. The SMILES string of the molecule is CCOC(=O)CC1OC(c2cccc(OC)c2OC)c2cc(Cl)ccc2-n2c(CC(C)C)nnc21. The maximum atomic E-state index is 12.6. The van der Waals surface area contributed by atoms with Gasteiger partial charge in [-0.25, -0.2) is 0 Å². The first kappa shape index (κ1) is 25.0. The van der Waals surface area contributed by atoms with Crippen molar-refractivity contribution in [2.75, 3.05) is 20.8 Å². The van der Waals surface area contributed by atoms with Gasteiger partial charge < -0.3 is 18.9 Å². The highest BCUT2D eigenvalue weighted by Crippen LogP contribution is 2.46. The van der Waals surface area contributed by atoms with E-state index in [2.05, 4.69) is 24.0 Å². The summed E-state index contributed by atoms with van der Waals surface area (Å²) in [5, 5.41) is 9.51. The number of ether oxygens (including phenoxy) is 4. The highest BCUT2D eigenvalue weighted by molar-refractivity contribution is 6.30. The molecule has 0 amide bonds. The molecule has 1 aliphatic rings. The Balaban J connectivity index is 1.96. The van der Waals surface area contributed by atoms with E-state index >= 15 is 0 Å². The van der Waals surface area contributed by atoms with Crippen LogP contribution in [0.5, 0.6) is 11.5 Å². The van der Waals surface area contributed by atoms with Crippen molar-refractivity contribution in [3.05, 3.63) is 64.2 Å². The number of para-hydroxylation sites is 1. The summed E-state index contributed by atoms with van der Waals surface area (Å²) >= 11 is 6.48. The van der Waals surface area contributed by atoms with Crippen LogP contribution in [0.3, 0.4) is 0 Å². The zero-order valence-electron chi connectivity index (χ0n) is 20.6. The highest BCUT2D eigenvalue weighted by atomic mass is 35.5. The molecule has 0 saturated carbocycles. The van der Waals surface area contributed by atoms with E-state index in [1.54, 1.807) is 21.1 Å². The predicted octanol–water partition coefficient (Wildman–Crippen LogP) is 5.25. The van der Waals surface area contributed by atoms with Gasteiger partial charge in [0.05, 0.1) is 32.9 Å². The number of carbonyl (C=O) groups excluding carboxylic acids is 1. The number of fused-ring (bicyclic) bond motifs is 3. The minimum absolute atomic E-state index is 0.0157. The van der Waals surface area contributed by atoms with Crippen molar-refractivity contribution in [1.82, 2.24) is 14.8 Å². The van der Waals surface area contributed by atoms with Gasteiger partial charge in [0.1, 0.15) is 18.0 Å². The van der Waals surface area contributed by atoms with Crippen molar-refractivity contribution >= 4 is 17.6 Å². The molecule has 2 atom stereocenters. The molecule has 8 nitrogen and oxygen atoms in total. The number of hydrogen-bond acceptors (Lipinski definition) is 7. The standard InChI is InChI=1S/C26H30ClN3O5/c1-6-34-23(31)14-21-26-29-28-22(12-15(2)3)30(26)19-11-10-16(27)13-18(19)24(35-21)17-8-7-9-20(32-4)25(17)33-5/h7-11,13,15,21,24H,6,12,14H2,1-5H3. The van der Waals surface area contributed by atoms with Gasteiger partial charge in [0, 0.05) is 22.6 Å². The van der Waals surface area contributed by atoms with Gasteiger partial charge in [-0.2, -0.15) is 0 Å². The number of methoxy groups -OCH3 is 2. The van der Waals surface area contributed by atoms with Crippen LogP contribution in [0.15, 0.2) is 36.4 Å². The van der Waals surface area contributed by atoms with E-state index in [1.165, 1.54) is 0 Å². The molecule has 0 aliphatic carbocycles. The quantitative estimate of drug-likeness (QED) is 0.391. The summed E-state index contributed by atoms with van der Waals surface area (Å²) in [6.07, 6.45) is -0.650. The van der Waals surface area contributed by atoms with E-state index in [1.807, 2.05) is 41.0 Å². The molecule has 0 bridgehead atoms. The Morgan fingerprint density at radius 3 is 2.63 bits per heavy atom. The first-order valence-electron chi connectivity index (χ1n) is 11.6. The topological polar surface area (TPSA) is 84.7 Å². The van der Waals surface area contributed by atoms with Crippen molar-refractivity contribution in [3.8, 4) is 17.2 Å². The number of carbonyl (C=O) groups is 1. The number of nitrogens with zero attached hydrogens (tertiary/aromatic N) is 3. The van der Waals surface area contributed by atoms with Gasteiger partial charge in [-0.05, 0) is 37.1 Å². The van der Waals surface area contributed by atoms with Gasteiger partial charge in [0.25, 0.3) is 0 Å². The van der Waals surface area contributed by atoms with E-state index in [9.17, 15) is 4.79 Å². The molecule has 2 unspecified atom stereocenters. The van der Waals surface area contributed by atoms with Crippen molar-refractivity contribution in [1.29, 1.82) is 0 Å². The minimum Gasteiger partial charge on any atom is -0.493 e. The van der Waals surface area contributed by atoms with Crippen molar-refractivity contribution in [3.63, 3.8) is 0 Å². The van der Waals surface area contributed by atoms with Gasteiger partial charge in [-0.1, -0.05) is 37.6 Å². The molecule has 2 aromatic carbocycles. The normalized spacial score (nSPS) is 16.9. The fourth-order valence-electron chi connectivity index (χ4n) is 4.41. The number of benzene rings is 2. The molecule has 186 valence electrons. The molecule has 4 rings (SSSR count). The van der Waals surface area contributed by atoms with E-state index in [0.29, 0.717) is 34.7 Å². The Hall–Kier alpha value is -3.10. The molecule has 0 spiro atoms. The van der Waals surface area contributed by atoms with Gasteiger partial charge in [-0.15, -0.1) is 10.2 Å². The van der Waals surface area contributed by atoms with Crippen LogP contribution in [-0.4, -0.2) is 41.6 Å². The summed E-state index contributed by atoms with van der Waals surface area (Å²) < 4.78 is 25.2. The van der Waals surface area contributed by atoms with Crippen molar-refractivity contribution in [2.45, 2.75) is 45.8 Å². The average molecular weight is 500 g/mol.